The molecule has 0 bridgehead atoms. The molecular weight excluding hydrogens is 386 g/mol. The molecule has 4 heteroatoms. The molecule has 0 atom stereocenters. The lowest BCUT2D eigenvalue weighted by molar-refractivity contribution is 0.304. The number of hydrogen-bond acceptors (Lipinski definition) is 2. The molecule has 1 heterocycles. The molecule has 0 unspecified atom stereocenters. The number of alkyl halides is 2. The van der Waals surface area contributed by atoms with Crippen LogP contribution >= 0.6 is 43.2 Å². The lowest BCUT2D eigenvalue weighted by Gasteiger charge is -2.31. The Balaban J connectivity index is 2.25. The summed E-state index contributed by atoms with van der Waals surface area (Å²) < 4.78 is 1.29. The zero-order chi connectivity index (χ0) is 13.9. The lowest BCUT2D eigenvalue weighted by Crippen LogP contribution is -2.29. The van der Waals surface area contributed by atoms with E-state index >= 15 is 0 Å². The zero-order valence-corrected chi connectivity index (χ0v) is 15.3. The van der Waals surface area contributed by atoms with Crippen molar-refractivity contribution >= 4 is 53.4 Å². The molecule has 1 aromatic heterocycles. The van der Waals surface area contributed by atoms with Crippen molar-refractivity contribution in [3.8, 4) is 0 Å². The molecule has 1 nitrogen and oxygen atoms in total. The van der Waals surface area contributed by atoms with E-state index in [0.717, 1.165) is 22.6 Å². The van der Waals surface area contributed by atoms with Crippen LogP contribution in [-0.2, 0) is 6.42 Å². The first kappa shape index (κ1) is 15.5. The van der Waals surface area contributed by atoms with Gasteiger partial charge in [0.2, 0.25) is 0 Å². The van der Waals surface area contributed by atoms with E-state index in [1.54, 1.807) is 0 Å². The molecule has 0 saturated heterocycles. The summed E-state index contributed by atoms with van der Waals surface area (Å²) in [4.78, 5) is 4.78. The Bertz CT molecular complexity index is 499. The molecule has 104 valence electrons. The molecule has 19 heavy (non-hydrogen) atoms. The van der Waals surface area contributed by atoms with Gasteiger partial charge >= 0.3 is 0 Å². The van der Waals surface area contributed by atoms with Gasteiger partial charge in [-0.3, -0.25) is 0 Å². The van der Waals surface area contributed by atoms with Gasteiger partial charge < -0.3 is 0 Å². The Kier molecular flexibility index (Phi) is 5.44. The Morgan fingerprint density at radius 3 is 2.47 bits per heavy atom. The maximum absolute atomic E-state index is 4.78. The Labute approximate surface area is 136 Å². The van der Waals surface area contributed by atoms with Crippen LogP contribution in [0.4, 0.5) is 0 Å². The van der Waals surface area contributed by atoms with Gasteiger partial charge in [0.15, 0.2) is 0 Å². The molecule has 0 aliphatic rings. The highest BCUT2D eigenvalue weighted by atomic mass is 79.9. The third-order valence-corrected chi connectivity index (χ3v) is 6.69. The molecule has 0 fully saturated rings. The molecule has 0 radical (unpaired) electrons. The predicted octanol–water partition coefficient (Wildman–Crippen LogP) is 5.66. The van der Waals surface area contributed by atoms with Crippen LogP contribution in [0, 0.1) is 11.3 Å². The molecule has 0 N–H and O–H groups in total. The van der Waals surface area contributed by atoms with E-state index in [9.17, 15) is 0 Å². The maximum Gasteiger partial charge on any atom is 0.0944 e. The molecule has 0 spiro atoms. The number of para-hydroxylation sites is 1. The standard InChI is InChI=1S/C15H19Br2NS/c1-11(2)7-15(9-16,10-17)8-14-18-12-5-3-4-6-13(12)19-14/h3-6,11H,7-10H2,1-2H3. The monoisotopic (exact) mass is 403 g/mol. The summed E-state index contributed by atoms with van der Waals surface area (Å²) in [6, 6.07) is 8.40. The minimum absolute atomic E-state index is 0.266. The van der Waals surface area contributed by atoms with Crippen LogP contribution in [0.2, 0.25) is 0 Å². The van der Waals surface area contributed by atoms with Crippen molar-refractivity contribution in [2.75, 3.05) is 10.7 Å². The molecule has 2 aromatic rings. The minimum atomic E-state index is 0.266. The van der Waals surface area contributed by atoms with Crippen LogP contribution in [0.25, 0.3) is 10.2 Å². The van der Waals surface area contributed by atoms with Gasteiger partial charge in [0, 0.05) is 17.1 Å². The van der Waals surface area contributed by atoms with Gasteiger partial charge in [-0.2, -0.15) is 0 Å². The smallest absolute Gasteiger partial charge is 0.0944 e. The second kappa shape index (κ2) is 6.68. The van der Waals surface area contributed by atoms with Gasteiger partial charge in [0.25, 0.3) is 0 Å². The number of benzene rings is 1. The van der Waals surface area contributed by atoms with Gasteiger partial charge in [-0.1, -0.05) is 57.8 Å². The lowest BCUT2D eigenvalue weighted by atomic mass is 9.81. The first-order valence-electron chi connectivity index (χ1n) is 6.55. The summed E-state index contributed by atoms with van der Waals surface area (Å²) >= 11 is 9.25. The first-order chi connectivity index (χ1) is 9.08. The van der Waals surface area contributed by atoms with Crippen molar-refractivity contribution in [1.82, 2.24) is 4.98 Å². The maximum atomic E-state index is 4.78. The normalized spacial score (nSPS) is 12.5. The van der Waals surface area contributed by atoms with Crippen molar-refractivity contribution < 1.29 is 0 Å². The number of aromatic nitrogens is 1. The summed E-state index contributed by atoms with van der Waals surface area (Å²) in [5.41, 5.74) is 1.40. The highest BCUT2D eigenvalue weighted by Crippen LogP contribution is 2.36. The number of thiazole rings is 1. The molecule has 0 saturated carbocycles. The van der Waals surface area contributed by atoms with Crippen LogP contribution in [0.15, 0.2) is 24.3 Å². The van der Waals surface area contributed by atoms with E-state index < -0.39 is 0 Å². The van der Waals surface area contributed by atoms with Crippen LogP contribution in [-0.4, -0.2) is 15.6 Å². The summed E-state index contributed by atoms with van der Waals surface area (Å²) in [5.74, 6) is 0.699. The summed E-state index contributed by atoms with van der Waals surface area (Å²) in [6.07, 6.45) is 2.25. The summed E-state index contributed by atoms with van der Waals surface area (Å²) in [7, 11) is 0. The Morgan fingerprint density at radius 2 is 1.89 bits per heavy atom. The van der Waals surface area contributed by atoms with E-state index in [2.05, 4.69) is 70.0 Å². The van der Waals surface area contributed by atoms with Crippen molar-refractivity contribution in [2.24, 2.45) is 11.3 Å². The summed E-state index contributed by atoms with van der Waals surface area (Å²) in [6.45, 7) is 4.58. The molecule has 2 rings (SSSR count). The Hall–Kier alpha value is 0.0700. The fraction of sp³-hybridized carbons (Fsp3) is 0.533. The SMILES string of the molecule is CC(C)CC(CBr)(CBr)Cc1nc2ccccc2s1. The summed E-state index contributed by atoms with van der Waals surface area (Å²) in [5, 5.41) is 3.28. The molecule has 0 aliphatic heterocycles. The number of rotatable bonds is 6. The fourth-order valence-electron chi connectivity index (χ4n) is 2.49. The minimum Gasteiger partial charge on any atom is -0.241 e. The first-order valence-corrected chi connectivity index (χ1v) is 9.61. The topological polar surface area (TPSA) is 12.9 Å². The van der Waals surface area contributed by atoms with Gasteiger partial charge in [-0.25, -0.2) is 4.98 Å². The Morgan fingerprint density at radius 1 is 1.21 bits per heavy atom. The molecular formula is C15H19Br2NS. The van der Waals surface area contributed by atoms with Crippen molar-refractivity contribution in [3.63, 3.8) is 0 Å². The van der Waals surface area contributed by atoms with E-state index in [0.29, 0.717) is 5.92 Å². The van der Waals surface area contributed by atoms with Crippen molar-refractivity contribution in [1.29, 1.82) is 0 Å². The third kappa shape index (κ3) is 3.79. The quantitative estimate of drug-likeness (QED) is 0.566. The average molecular weight is 405 g/mol. The molecule has 1 aromatic carbocycles. The van der Waals surface area contributed by atoms with Crippen LogP contribution in [0.5, 0.6) is 0 Å². The molecule has 0 amide bonds. The fourth-order valence-corrected chi connectivity index (χ4v) is 5.42. The largest absolute Gasteiger partial charge is 0.241 e. The second-order valence-electron chi connectivity index (χ2n) is 5.62. The van der Waals surface area contributed by atoms with Crippen molar-refractivity contribution in [3.05, 3.63) is 29.3 Å². The van der Waals surface area contributed by atoms with Gasteiger partial charge in [-0.15, -0.1) is 11.3 Å². The predicted molar refractivity (Wildman–Crippen MR) is 92.8 cm³/mol. The van der Waals surface area contributed by atoms with E-state index in [1.165, 1.54) is 16.1 Å². The number of hydrogen-bond donors (Lipinski definition) is 0. The average Bonchev–Trinajstić information content (AvgIpc) is 2.79. The van der Waals surface area contributed by atoms with Gasteiger partial charge in [0.05, 0.1) is 15.2 Å². The van der Waals surface area contributed by atoms with Crippen molar-refractivity contribution in [2.45, 2.75) is 26.7 Å². The number of nitrogens with zero attached hydrogens (tertiary/aromatic N) is 1. The highest BCUT2D eigenvalue weighted by Gasteiger charge is 2.30. The van der Waals surface area contributed by atoms with E-state index in [1.807, 2.05) is 11.3 Å². The van der Waals surface area contributed by atoms with Crippen LogP contribution in [0.1, 0.15) is 25.3 Å². The second-order valence-corrected chi connectivity index (χ2v) is 7.85. The number of fused-ring (bicyclic) bond motifs is 1. The third-order valence-electron chi connectivity index (χ3n) is 3.27. The highest BCUT2D eigenvalue weighted by molar-refractivity contribution is 9.09. The van der Waals surface area contributed by atoms with Crippen LogP contribution < -0.4 is 0 Å². The van der Waals surface area contributed by atoms with Gasteiger partial charge in [0.1, 0.15) is 0 Å². The van der Waals surface area contributed by atoms with E-state index in [4.69, 9.17) is 4.98 Å². The molecule has 0 aliphatic carbocycles. The number of halogens is 2. The van der Waals surface area contributed by atoms with Crippen LogP contribution in [0.3, 0.4) is 0 Å². The van der Waals surface area contributed by atoms with E-state index in [-0.39, 0.29) is 5.41 Å². The van der Waals surface area contributed by atoms with Gasteiger partial charge in [-0.05, 0) is 29.9 Å². The zero-order valence-electron chi connectivity index (χ0n) is 11.3.